The van der Waals surface area contributed by atoms with Gasteiger partial charge in [-0.3, -0.25) is 9.59 Å². The molecule has 0 bridgehead atoms. The Labute approximate surface area is 192 Å². The molecule has 1 aliphatic rings. The van der Waals surface area contributed by atoms with Gasteiger partial charge in [0.05, 0.1) is 7.11 Å². The Bertz CT molecular complexity index is 944. The number of carboxylic acid groups (broad SMARTS) is 1. The zero-order valence-corrected chi connectivity index (χ0v) is 18.6. The number of nitrogens with zero attached hydrogens (tertiary/aromatic N) is 2. The van der Waals surface area contributed by atoms with Crippen LogP contribution in [0.5, 0.6) is 5.75 Å². The largest absolute Gasteiger partial charge is 0.497 e. The second-order valence-corrected chi connectivity index (χ2v) is 7.70. The molecule has 1 heterocycles. The summed E-state index contributed by atoms with van der Waals surface area (Å²) in [5.41, 5.74) is 1.82. The summed E-state index contributed by atoms with van der Waals surface area (Å²) in [6, 6.07) is 15.9. The molecule has 0 unspecified atom stereocenters. The van der Waals surface area contributed by atoms with Crippen LogP contribution in [0.4, 0.5) is 10.5 Å². The summed E-state index contributed by atoms with van der Waals surface area (Å²) < 4.78 is 10.5. The first-order chi connectivity index (χ1) is 16.0. The predicted octanol–water partition coefficient (Wildman–Crippen LogP) is 2.50. The number of amides is 2. The Balaban J connectivity index is 1.56. The normalized spacial score (nSPS) is 14.3. The van der Waals surface area contributed by atoms with E-state index in [0.29, 0.717) is 26.2 Å². The lowest BCUT2D eigenvalue weighted by Crippen LogP contribution is -2.55. The van der Waals surface area contributed by atoms with E-state index < -0.39 is 18.1 Å². The van der Waals surface area contributed by atoms with Crippen LogP contribution >= 0.6 is 0 Å². The van der Waals surface area contributed by atoms with E-state index in [1.54, 1.807) is 12.0 Å². The van der Waals surface area contributed by atoms with Crippen molar-refractivity contribution in [2.24, 2.45) is 0 Å². The number of benzene rings is 2. The van der Waals surface area contributed by atoms with Crippen molar-refractivity contribution in [1.29, 1.82) is 0 Å². The van der Waals surface area contributed by atoms with Crippen LogP contribution in [0.2, 0.25) is 0 Å². The van der Waals surface area contributed by atoms with Gasteiger partial charge >= 0.3 is 12.1 Å². The monoisotopic (exact) mass is 455 g/mol. The molecule has 2 amide bonds. The van der Waals surface area contributed by atoms with Crippen molar-refractivity contribution in [2.45, 2.75) is 25.5 Å². The number of ether oxygens (including phenoxy) is 2. The number of carbonyl (C=O) groups is 3. The minimum atomic E-state index is -1.03. The van der Waals surface area contributed by atoms with Crippen LogP contribution < -0.4 is 15.0 Å². The van der Waals surface area contributed by atoms with Crippen LogP contribution in [-0.4, -0.2) is 67.3 Å². The number of piperazine rings is 1. The molecule has 176 valence electrons. The van der Waals surface area contributed by atoms with E-state index in [2.05, 4.69) is 10.2 Å². The van der Waals surface area contributed by atoms with Gasteiger partial charge < -0.3 is 29.7 Å². The first-order valence-electron chi connectivity index (χ1n) is 10.8. The summed E-state index contributed by atoms with van der Waals surface area (Å²) in [6.45, 7) is 2.21. The third kappa shape index (κ3) is 7.13. The summed E-state index contributed by atoms with van der Waals surface area (Å²) in [5.74, 6) is -0.578. The number of carboxylic acids is 1. The lowest BCUT2D eigenvalue weighted by molar-refractivity contribution is -0.138. The number of hydrogen-bond donors (Lipinski definition) is 2. The van der Waals surface area contributed by atoms with E-state index >= 15 is 0 Å². The summed E-state index contributed by atoms with van der Waals surface area (Å²) in [4.78, 5) is 40.2. The molecule has 0 spiro atoms. The SMILES string of the molecule is COc1cccc(N2CCN(C(=O)[C@H](CCC(=O)O)NC(=O)OCc3ccccc3)CC2)c1. The van der Waals surface area contributed by atoms with Crippen molar-refractivity contribution in [3.63, 3.8) is 0 Å². The highest BCUT2D eigenvalue weighted by molar-refractivity contribution is 5.86. The van der Waals surface area contributed by atoms with Gasteiger partial charge in [0.1, 0.15) is 18.4 Å². The van der Waals surface area contributed by atoms with Crippen LogP contribution in [0, 0.1) is 0 Å². The zero-order valence-electron chi connectivity index (χ0n) is 18.6. The third-order valence-corrected chi connectivity index (χ3v) is 5.46. The number of hydrogen-bond acceptors (Lipinski definition) is 6. The number of nitrogens with one attached hydrogen (secondary N) is 1. The quantitative estimate of drug-likeness (QED) is 0.598. The number of aliphatic carboxylic acids is 1. The Hall–Kier alpha value is -3.75. The molecule has 2 aromatic carbocycles. The van der Waals surface area contributed by atoms with Gasteiger partial charge in [-0.2, -0.15) is 0 Å². The van der Waals surface area contributed by atoms with Gasteiger partial charge in [-0.15, -0.1) is 0 Å². The minimum Gasteiger partial charge on any atom is -0.497 e. The van der Waals surface area contributed by atoms with E-state index in [1.807, 2.05) is 54.6 Å². The van der Waals surface area contributed by atoms with Crippen molar-refractivity contribution in [3.8, 4) is 5.75 Å². The second kappa shape index (κ2) is 11.8. The molecule has 9 nitrogen and oxygen atoms in total. The molecule has 1 saturated heterocycles. The molecule has 3 rings (SSSR count). The molecular weight excluding hydrogens is 426 g/mol. The molecular formula is C24H29N3O6. The Morgan fingerprint density at radius 1 is 1.03 bits per heavy atom. The van der Waals surface area contributed by atoms with Crippen molar-refractivity contribution >= 4 is 23.7 Å². The second-order valence-electron chi connectivity index (χ2n) is 7.70. The fourth-order valence-corrected chi connectivity index (χ4v) is 3.64. The highest BCUT2D eigenvalue weighted by Gasteiger charge is 2.29. The number of carbonyl (C=O) groups excluding carboxylic acids is 2. The lowest BCUT2D eigenvalue weighted by atomic mass is 10.1. The van der Waals surface area contributed by atoms with E-state index in [4.69, 9.17) is 14.6 Å². The highest BCUT2D eigenvalue weighted by Crippen LogP contribution is 2.22. The van der Waals surface area contributed by atoms with Gasteiger partial charge in [-0.1, -0.05) is 36.4 Å². The average Bonchev–Trinajstić information content (AvgIpc) is 2.85. The molecule has 0 saturated carbocycles. The van der Waals surface area contributed by atoms with E-state index in [9.17, 15) is 14.4 Å². The van der Waals surface area contributed by atoms with Gasteiger partial charge in [0, 0.05) is 44.4 Å². The van der Waals surface area contributed by atoms with E-state index in [-0.39, 0.29) is 25.4 Å². The van der Waals surface area contributed by atoms with E-state index in [0.717, 1.165) is 17.0 Å². The van der Waals surface area contributed by atoms with Crippen LogP contribution in [-0.2, 0) is 20.9 Å². The van der Waals surface area contributed by atoms with Crippen molar-refractivity contribution in [2.75, 3.05) is 38.2 Å². The molecule has 9 heteroatoms. The number of anilines is 1. The van der Waals surface area contributed by atoms with Gasteiger partial charge in [0.2, 0.25) is 5.91 Å². The van der Waals surface area contributed by atoms with E-state index in [1.165, 1.54) is 0 Å². The molecule has 0 aliphatic carbocycles. The first kappa shape index (κ1) is 23.9. The summed E-state index contributed by atoms with van der Waals surface area (Å²) >= 11 is 0. The van der Waals surface area contributed by atoms with Crippen molar-refractivity contribution < 1.29 is 29.0 Å². The fourth-order valence-electron chi connectivity index (χ4n) is 3.64. The molecule has 2 aromatic rings. The summed E-state index contributed by atoms with van der Waals surface area (Å²) in [7, 11) is 1.62. The topological polar surface area (TPSA) is 108 Å². The highest BCUT2D eigenvalue weighted by atomic mass is 16.5. The van der Waals surface area contributed by atoms with Crippen LogP contribution in [0.15, 0.2) is 54.6 Å². The summed E-state index contributed by atoms with van der Waals surface area (Å²) in [5, 5.41) is 11.6. The van der Waals surface area contributed by atoms with Gasteiger partial charge in [-0.25, -0.2) is 4.79 Å². The zero-order chi connectivity index (χ0) is 23.6. The predicted molar refractivity (Wildman–Crippen MR) is 122 cm³/mol. The molecule has 1 aliphatic heterocycles. The standard InChI is InChI=1S/C24H29N3O6/c1-32-20-9-5-8-19(16-20)26-12-14-27(15-13-26)23(30)21(10-11-22(28)29)25-24(31)33-17-18-6-3-2-4-7-18/h2-9,16,21H,10-15,17H2,1H3,(H,25,31)(H,28,29)/t21-/m0/s1. The lowest BCUT2D eigenvalue weighted by Gasteiger charge is -2.37. The molecule has 2 N–H and O–H groups in total. The van der Waals surface area contributed by atoms with Gasteiger partial charge in [-0.05, 0) is 24.1 Å². The average molecular weight is 456 g/mol. The number of alkyl carbamates (subject to hydrolysis) is 1. The third-order valence-electron chi connectivity index (χ3n) is 5.46. The van der Waals surface area contributed by atoms with Gasteiger partial charge in [0.25, 0.3) is 0 Å². The van der Waals surface area contributed by atoms with Crippen molar-refractivity contribution in [1.82, 2.24) is 10.2 Å². The van der Waals surface area contributed by atoms with Crippen LogP contribution in [0.3, 0.4) is 0 Å². The summed E-state index contributed by atoms with van der Waals surface area (Å²) in [6.07, 6.45) is -0.998. The minimum absolute atomic E-state index is 0.00922. The molecule has 33 heavy (non-hydrogen) atoms. The first-order valence-corrected chi connectivity index (χ1v) is 10.8. The Kier molecular flexibility index (Phi) is 8.51. The maximum absolute atomic E-state index is 13.1. The maximum Gasteiger partial charge on any atom is 0.408 e. The van der Waals surface area contributed by atoms with Crippen LogP contribution in [0.25, 0.3) is 0 Å². The number of methoxy groups -OCH3 is 1. The molecule has 1 fully saturated rings. The van der Waals surface area contributed by atoms with Crippen LogP contribution in [0.1, 0.15) is 18.4 Å². The molecule has 0 aromatic heterocycles. The van der Waals surface area contributed by atoms with Crippen molar-refractivity contribution in [3.05, 3.63) is 60.2 Å². The maximum atomic E-state index is 13.1. The van der Waals surface area contributed by atoms with Gasteiger partial charge in [0.15, 0.2) is 0 Å². The smallest absolute Gasteiger partial charge is 0.408 e. The molecule has 0 radical (unpaired) electrons. The number of rotatable bonds is 9. The fraction of sp³-hybridized carbons (Fsp3) is 0.375. The Morgan fingerprint density at radius 2 is 1.76 bits per heavy atom. The molecule has 1 atom stereocenters. The Morgan fingerprint density at radius 3 is 2.42 bits per heavy atom.